The first-order valence-corrected chi connectivity index (χ1v) is 20.5. The zero-order valence-corrected chi connectivity index (χ0v) is 32.2. The average molecular weight is 749 g/mol. The molecule has 0 amide bonds. The number of fused-ring (bicyclic) bond motifs is 7. The van der Waals surface area contributed by atoms with E-state index < -0.39 is 0 Å². The van der Waals surface area contributed by atoms with E-state index in [0.29, 0.717) is 0 Å². The van der Waals surface area contributed by atoms with E-state index in [1.54, 1.807) is 0 Å². The Kier molecular flexibility index (Phi) is 6.68. The Morgan fingerprint density at radius 3 is 1.56 bits per heavy atom. The average Bonchev–Trinajstić information content (AvgIpc) is 3.63. The summed E-state index contributed by atoms with van der Waals surface area (Å²) in [4.78, 5) is 2.49. The molecule has 0 saturated heterocycles. The lowest BCUT2D eigenvalue weighted by Crippen LogP contribution is -2.44. The predicted octanol–water partition coefficient (Wildman–Crippen LogP) is 14.9. The number of aromatic nitrogens is 1. The Morgan fingerprint density at radius 2 is 0.881 bits per heavy atom. The van der Waals surface area contributed by atoms with Crippen LogP contribution in [0.1, 0.15) is 22.3 Å². The van der Waals surface area contributed by atoms with E-state index in [2.05, 4.69) is 228 Å². The second-order valence-electron chi connectivity index (χ2n) is 16.0. The van der Waals surface area contributed by atoms with Crippen LogP contribution in [0.25, 0.3) is 71.3 Å². The van der Waals surface area contributed by atoms with Gasteiger partial charge in [-0.15, -0.1) is 0 Å². The van der Waals surface area contributed by atoms with Crippen molar-refractivity contribution in [2.45, 2.75) is 5.41 Å². The van der Waals surface area contributed by atoms with Gasteiger partial charge in [0.15, 0.2) is 0 Å². The van der Waals surface area contributed by atoms with Gasteiger partial charge < -0.3 is 9.47 Å². The van der Waals surface area contributed by atoms with E-state index in [1.807, 2.05) is 0 Å². The molecule has 274 valence electrons. The van der Waals surface area contributed by atoms with Crippen molar-refractivity contribution in [3.8, 4) is 27.9 Å². The van der Waals surface area contributed by atoms with Gasteiger partial charge in [-0.2, -0.15) is 0 Å². The third-order valence-electron chi connectivity index (χ3n) is 13.1. The molecule has 0 bridgehead atoms. The van der Waals surface area contributed by atoms with Gasteiger partial charge in [-0.05, 0) is 121 Å². The van der Waals surface area contributed by atoms with Crippen molar-refractivity contribution in [1.82, 2.24) is 4.57 Å². The van der Waals surface area contributed by atoms with Crippen LogP contribution in [0.4, 0.5) is 17.1 Å². The zero-order valence-electron chi connectivity index (χ0n) is 32.2. The van der Waals surface area contributed by atoms with Gasteiger partial charge in [0.25, 0.3) is 0 Å². The lowest BCUT2D eigenvalue weighted by atomic mass is 9.49. The first kappa shape index (κ1) is 32.4. The summed E-state index contributed by atoms with van der Waals surface area (Å²) in [6.07, 6.45) is 0. The highest BCUT2D eigenvalue weighted by molar-refractivity contribution is 6.14. The number of hydrogen-bond donors (Lipinski definition) is 0. The van der Waals surface area contributed by atoms with Crippen molar-refractivity contribution in [3.63, 3.8) is 0 Å². The molecule has 59 heavy (non-hydrogen) atoms. The summed E-state index contributed by atoms with van der Waals surface area (Å²) in [7, 11) is 0. The van der Waals surface area contributed by atoms with Crippen molar-refractivity contribution in [2.75, 3.05) is 4.90 Å². The van der Waals surface area contributed by atoms with Gasteiger partial charge in [-0.25, -0.2) is 0 Å². The minimum atomic E-state index is -0.273. The van der Waals surface area contributed by atoms with Crippen LogP contribution in [0.5, 0.6) is 0 Å². The number of hydrogen-bond acceptors (Lipinski definition) is 1. The van der Waals surface area contributed by atoms with Crippen molar-refractivity contribution in [3.05, 3.63) is 241 Å². The lowest BCUT2D eigenvalue weighted by molar-refractivity contribution is 0.701. The molecule has 2 heteroatoms. The van der Waals surface area contributed by atoms with Crippen LogP contribution in [-0.4, -0.2) is 4.57 Å². The Hall–Kier alpha value is -7.68. The number of rotatable bonds is 6. The van der Waals surface area contributed by atoms with Crippen LogP contribution >= 0.6 is 0 Å². The molecule has 0 aliphatic heterocycles. The van der Waals surface area contributed by atoms with Crippen molar-refractivity contribution >= 4 is 60.4 Å². The van der Waals surface area contributed by atoms with E-state index >= 15 is 0 Å². The van der Waals surface area contributed by atoms with E-state index in [0.717, 1.165) is 17.1 Å². The molecule has 0 N–H and O–H groups in total. The number of para-hydroxylation sites is 1. The molecule has 1 spiro atoms. The van der Waals surface area contributed by atoms with Crippen LogP contribution < -0.4 is 4.90 Å². The summed E-state index contributed by atoms with van der Waals surface area (Å²) in [5, 5.41) is 7.89. The Bertz CT molecular complexity index is 3430. The highest BCUT2D eigenvalue weighted by Crippen LogP contribution is 2.67. The lowest BCUT2D eigenvalue weighted by Gasteiger charge is -2.53. The Balaban J connectivity index is 0.999. The summed E-state index contributed by atoms with van der Waals surface area (Å²) in [5.41, 5.74) is 17.2. The molecule has 1 aromatic heterocycles. The second kappa shape index (κ2) is 12.2. The fourth-order valence-electron chi connectivity index (χ4n) is 10.6. The molecule has 0 radical (unpaired) electrons. The first-order chi connectivity index (χ1) is 29.3. The largest absolute Gasteiger partial charge is 0.310 e. The summed E-state index contributed by atoms with van der Waals surface area (Å²) < 4.78 is 2.42. The van der Waals surface area contributed by atoms with Crippen LogP contribution in [-0.2, 0) is 5.41 Å². The molecule has 0 fully saturated rings. The van der Waals surface area contributed by atoms with E-state index in [-0.39, 0.29) is 5.41 Å². The van der Waals surface area contributed by atoms with Crippen LogP contribution in [0.15, 0.2) is 218 Å². The van der Waals surface area contributed by atoms with E-state index in [9.17, 15) is 0 Å². The molecule has 2 aliphatic carbocycles. The van der Waals surface area contributed by atoms with Crippen LogP contribution in [0, 0.1) is 0 Å². The second-order valence-corrected chi connectivity index (χ2v) is 16.0. The van der Waals surface area contributed by atoms with Gasteiger partial charge in [0.2, 0.25) is 0 Å². The molecule has 11 aromatic rings. The molecule has 1 heterocycles. The van der Waals surface area contributed by atoms with E-state index in [1.165, 1.54) is 93.5 Å². The standard InChI is InChI=1S/C57H36N2/c1-3-12-37(13-4-1)39-24-28-43(29-25-39)58(53-35-26-41-18-11-22-50-55(41)56(53)57(50)48-20-9-16-40-17-10-21-49(57)54(40)48)44-30-32-45(33-31-44)59-51-23-8-7-19-46(51)47-36-42(27-34-52(47)59)38-14-5-2-6-15-38/h1-36H. The van der Waals surface area contributed by atoms with Gasteiger partial charge >= 0.3 is 0 Å². The molecule has 0 atom stereocenters. The molecule has 2 nitrogen and oxygen atoms in total. The SMILES string of the molecule is c1ccc(-c2ccc(N(c3ccc(-n4c5ccccc5c5cc(-c6ccccc6)ccc54)cc3)c3ccc4cccc5c4c3C53c4cccc5cccc3c45)cc2)cc1. The van der Waals surface area contributed by atoms with Crippen LogP contribution in [0.2, 0.25) is 0 Å². The molecule has 0 saturated carbocycles. The molecular weight excluding hydrogens is 713 g/mol. The summed E-state index contributed by atoms with van der Waals surface area (Å²) in [6, 6.07) is 80.6. The highest BCUT2D eigenvalue weighted by atomic mass is 15.1. The smallest absolute Gasteiger partial charge is 0.0746 e. The Morgan fingerprint density at radius 1 is 0.356 bits per heavy atom. The molecule has 10 aromatic carbocycles. The summed E-state index contributed by atoms with van der Waals surface area (Å²) in [6.45, 7) is 0. The Labute approximate surface area is 342 Å². The molecule has 2 aliphatic rings. The third-order valence-corrected chi connectivity index (χ3v) is 13.1. The van der Waals surface area contributed by atoms with Crippen molar-refractivity contribution in [2.24, 2.45) is 0 Å². The number of benzene rings is 10. The topological polar surface area (TPSA) is 8.17 Å². The van der Waals surface area contributed by atoms with Gasteiger partial charge in [-0.1, -0.05) is 158 Å². The van der Waals surface area contributed by atoms with Gasteiger partial charge in [0, 0.05) is 33.4 Å². The van der Waals surface area contributed by atoms with Crippen molar-refractivity contribution in [1.29, 1.82) is 0 Å². The fourth-order valence-corrected chi connectivity index (χ4v) is 10.6. The van der Waals surface area contributed by atoms with Crippen molar-refractivity contribution < 1.29 is 0 Å². The van der Waals surface area contributed by atoms with Gasteiger partial charge in [0.1, 0.15) is 0 Å². The quantitative estimate of drug-likeness (QED) is 0.164. The number of anilines is 3. The fraction of sp³-hybridized carbons (Fsp3) is 0.0175. The maximum absolute atomic E-state index is 2.49. The first-order valence-electron chi connectivity index (χ1n) is 20.5. The minimum Gasteiger partial charge on any atom is -0.310 e. The summed E-state index contributed by atoms with van der Waals surface area (Å²) >= 11 is 0. The molecule has 0 unspecified atom stereocenters. The maximum atomic E-state index is 2.49. The normalized spacial score (nSPS) is 13.2. The van der Waals surface area contributed by atoms with Gasteiger partial charge in [-0.3, -0.25) is 0 Å². The monoisotopic (exact) mass is 748 g/mol. The minimum absolute atomic E-state index is 0.273. The highest BCUT2D eigenvalue weighted by Gasteiger charge is 2.56. The van der Waals surface area contributed by atoms with Gasteiger partial charge in [0.05, 0.1) is 22.1 Å². The zero-order chi connectivity index (χ0) is 38.7. The summed E-state index contributed by atoms with van der Waals surface area (Å²) in [5.74, 6) is 0. The molecular formula is C57H36N2. The number of nitrogens with zero attached hydrogens (tertiary/aromatic N) is 2. The van der Waals surface area contributed by atoms with Crippen LogP contribution in [0.3, 0.4) is 0 Å². The van der Waals surface area contributed by atoms with E-state index in [4.69, 9.17) is 0 Å². The predicted molar refractivity (Wildman–Crippen MR) is 247 cm³/mol. The third kappa shape index (κ3) is 4.40. The molecule has 13 rings (SSSR count). The maximum Gasteiger partial charge on any atom is 0.0746 e.